The van der Waals surface area contributed by atoms with E-state index >= 15 is 0 Å². The van der Waals surface area contributed by atoms with E-state index in [2.05, 4.69) is 5.32 Å². The van der Waals surface area contributed by atoms with Gasteiger partial charge in [0.25, 0.3) is 0 Å². The molecule has 1 atom stereocenters. The van der Waals surface area contributed by atoms with Crippen LogP contribution in [0.5, 0.6) is 0 Å². The molecule has 3 N–H and O–H groups in total. The van der Waals surface area contributed by atoms with E-state index in [0.29, 0.717) is 11.4 Å². The van der Waals surface area contributed by atoms with Gasteiger partial charge in [0.15, 0.2) is 0 Å². The summed E-state index contributed by atoms with van der Waals surface area (Å²) < 4.78 is 14.0. The number of carbonyl (C=O) groups is 1. The number of nitrogens with zero attached hydrogens (tertiary/aromatic N) is 1. The Hall–Kier alpha value is -1.62. The van der Waals surface area contributed by atoms with Crippen molar-refractivity contribution < 1.29 is 9.18 Å². The highest BCUT2D eigenvalue weighted by atomic mass is 19.1. The second-order valence-corrected chi connectivity index (χ2v) is 5.00. The van der Waals surface area contributed by atoms with Crippen LogP contribution in [-0.2, 0) is 4.79 Å². The van der Waals surface area contributed by atoms with Gasteiger partial charge in [-0.1, -0.05) is 6.92 Å². The van der Waals surface area contributed by atoms with Crippen molar-refractivity contribution in [2.75, 3.05) is 23.8 Å². The van der Waals surface area contributed by atoms with Crippen LogP contribution < -0.4 is 16.0 Å². The molecule has 0 aliphatic carbocycles. The molecule has 5 heteroatoms. The summed E-state index contributed by atoms with van der Waals surface area (Å²) in [5.74, 6) is -0.845. The standard InChI is InChI=1S/C14H22FN3O/c1-9(2)18(4)13-6-5-11(7-12(13)15)17-14(19)10(3)8-16/h5-7,9-10H,8,16H2,1-4H3,(H,17,19). The molecule has 1 aromatic rings. The number of anilines is 2. The average Bonchev–Trinajstić information content (AvgIpc) is 2.37. The molecule has 0 saturated carbocycles. The van der Waals surface area contributed by atoms with E-state index in [4.69, 9.17) is 5.73 Å². The first-order valence-electron chi connectivity index (χ1n) is 6.40. The molecular formula is C14H22FN3O. The number of amides is 1. The van der Waals surface area contributed by atoms with Crippen LogP contribution in [-0.4, -0.2) is 25.5 Å². The normalized spacial score (nSPS) is 12.4. The van der Waals surface area contributed by atoms with Gasteiger partial charge in [-0.2, -0.15) is 0 Å². The summed E-state index contributed by atoms with van der Waals surface area (Å²) in [5, 5.41) is 2.65. The maximum absolute atomic E-state index is 14.0. The molecule has 0 spiro atoms. The Morgan fingerprint density at radius 2 is 2.05 bits per heavy atom. The number of hydrogen-bond donors (Lipinski definition) is 2. The maximum atomic E-state index is 14.0. The molecule has 1 rings (SSSR count). The number of hydrogen-bond acceptors (Lipinski definition) is 3. The highest BCUT2D eigenvalue weighted by Crippen LogP contribution is 2.23. The minimum Gasteiger partial charge on any atom is -0.370 e. The number of nitrogens with two attached hydrogens (primary N) is 1. The van der Waals surface area contributed by atoms with Crippen LogP contribution >= 0.6 is 0 Å². The van der Waals surface area contributed by atoms with Gasteiger partial charge in [-0.15, -0.1) is 0 Å². The zero-order chi connectivity index (χ0) is 14.6. The van der Waals surface area contributed by atoms with Gasteiger partial charge in [0.1, 0.15) is 5.82 Å². The lowest BCUT2D eigenvalue weighted by Gasteiger charge is -2.24. The van der Waals surface area contributed by atoms with Crippen LogP contribution in [0.25, 0.3) is 0 Å². The van der Waals surface area contributed by atoms with Crippen molar-refractivity contribution in [1.29, 1.82) is 0 Å². The van der Waals surface area contributed by atoms with Gasteiger partial charge >= 0.3 is 0 Å². The molecule has 0 aromatic heterocycles. The Balaban J connectivity index is 2.85. The molecule has 1 aromatic carbocycles. The van der Waals surface area contributed by atoms with Crippen LogP contribution in [0.3, 0.4) is 0 Å². The van der Waals surface area contributed by atoms with Crippen molar-refractivity contribution in [2.45, 2.75) is 26.8 Å². The minimum absolute atomic E-state index is 0.201. The third-order valence-electron chi connectivity index (χ3n) is 3.17. The van der Waals surface area contributed by atoms with E-state index in [9.17, 15) is 9.18 Å². The Labute approximate surface area is 113 Å². The van der Waals surface area contributed by atoms with Crippen molar-refractivity contribution >= 4 is 17.3 Å². The number of carbonyl (C=O) groups excluding carboxylic acids is 1. The molecule has 1 amide bonds. The van der Waals surface area contributed by atoms with E-state index in [1.54, 1.807) is 19.1 Å². The fraction of sp³-hybridized carbons (Fsp3) is 0.500. The summed E-state index contributed by atoms with van der Waals surface area (Å²) in [7, 11) is 1.83. The molecule has 0 fully saturated rings. The van der Waals surface area contributed by atoms with Crippen LogP contribution in [0, 0.1) is 11.7 Å². The molecule has 1 unspecified atom stereocenters. The zero-order valence-corrected chi connectivity index (χ0v) is 11.9. The maximum Gasteiger partial charge on any atom is 0.228 e. The highest BCUT2D eigenvalue weighted by Gasteiger charge is 2.14. The summed E-state index contributed by atoms with van der Waals surface area (Å²) in [6.07, 6.45) is 0. The number of rotatable bonds is 5. The van der Waals surface area contributed by atoms with Crippen molar-refractivity contribution in [3.63, 3.8) is 0 Å². The summed E-state index contributed by atoms with van der Waals surface area (Å²) in [5.41, 5.74) is 6.37. The average molecular weight is 267 g/mol. The van der Waals surface area contributed by atoms with Gasteiger partial charge in [0.2, 0.25) is 5.91 Å². The quantitative estimate of drug-likeness (QED) is 0.860. The van der Waals surface area contributed by atoms with Crippen molar-refractivity contribution in [1.82, 2.24) is 0 Å². The largest absolute Gasteiger partial charge is 0.370 e. The molecule has 0 aliphatic heterocycles. The first-order valence-corrected chi connectivity index (χ1v) is 6.40. The molecule has 4 nitrogen and oxygen atoms in total. The second kappa shape index (κ2) is 6.52. The Morgan fingerprint density at radius 1 is 1.42 bits per heavy atom. The van der Waals surface area contributed by atoms with Crippen LogP contribution in [0.15, 0.2) is 18.2 Å². The number of halogens is 1. The van der Waals surface area contributed by atoms with E-state index in [1.807, 2.05) is 25.8 Å². The Kier molecular flexibility index (Phi) is 5.30. The third kappa shape index (κ3) is 3.92. The molecule has 0 aliphatic rings. The van der Waals surface area contributed by atoms with E-state index in [0.717, 1.165) is 0 Å². The van der Waals surface area contributed by atoms with E-state index in [-0.39, 0.29) is 30.2 Å². The summed E-state index contributed by atoms with van der Waals surface area (Å²) in [4.78, 5) is 13.5. The highest BCUT2D eigenvalue weighted by molar-refractivity contribution is 5.92. The molecular weight excluding hydrogens is 245 g/mol. The van der Waals surface area contributed by atoms with Gasteiger partial charge < -0.3 is 16.0 Å². The number of benzene rings is 1. The van der Waals surface area contributed by atoms with E-state index < -0.39 is 0 Å². The predicted molar refractivity (Wildman–Crippen MR) is 76.8 cm³/mol. The fourth-order valence-electron chi connectivity index (χ4n) is 1.52. The molecule has 0 saturated heterocycles. The molecule has 106 valence electrons. The second-order valence-electron chi connectivity index (χ2n) is 5.00. The lowest BCUT2D eigenvalue weighted by molar-refractivity contribution is -0.119. The number of nitrogens with one attached hydrogen (secondary N) is 1. The minimum atomic E-state index is -0.352. The third-order valence-corrected chi connectivity index (χ3v) is 3.17. The van der Waals surface area contributed by atoms with Gasteiger partial charge in [0, 0.05) is 31.2 Å². The molecule has 19 heavy (non-hydrogen) atoms. The van der Waals surface area contributed by atoms with Crippen LogP contribution in [0.4, 0.5) is 15.8 Å². The van der Waals surface area contributed by atoms with Crippen molar-refractivity contribution in [2.24, 2.45) is 11.7 Å². The summed E-state index contributed by atoms with van der Waals surface area (Å²) >= 11 is 0. The van der Waals surface area contributed by atoms with Crippen molar-refractivity contribution in [3.8, 4) is 0 Å². The fourth-order valence-corrected chi connectivity index (χ4v) is 1.52. The van der Waals surface area contributed by atoms with Gasteiger partial charge in [-0.25, -0.2) is 4.39 Å². The predicted octanol–water partition coefficient (Wildman–Crippen LogP) is 2.20. The van der Waals surface area contributed by atoms with Gasteiger partial charge in [0.05, 0.1) is 5.69 Å². The summed E-state index contributed by atoms with van der Waals surface area (Å²) in [6.45, 7) is 5.96. The van der Waals surface area contributed by atoms with Crippen molar-refractivity contribution in [3.05, 3.63) is 24.0 Å². The zero-order valence-electron chi connectivity index (χ0n) is 11.9. The Bertz CT molecular complexity index is 448. The van der Waals surface area contributed by atoms with Gasteiger partial charge in [-0.05, 0) is 32.0 Å². The van der Waals surface area contributed by atoms with Crippen LogP contribution in [0.1, 0.15) is 20.8 Å². The van der Waals surface area contributed by atoms with Gasteiger partial charge in [-0.3, -0.25) is 4.79 Å². The monoisotopic (exact) mass is 267 g/mol. The SMILES string of the molecule is CC(CN)C(=O)Nc1ccc(N(C)C(C)C)c(F)c1. The van der Waals surface area contributed by atoms with Crippen LogP contribution in [0.2, 0.25) is 0 Å². The lowest BCUT2D eigenvalue weighted by atomic mass is 10.1. The summed E-state index contributed by atoms with van der Waals surface area (Å²) in [6, 6.07) is 4.89. The smallest absolute Gasteiger partial charge is 0.228 e. The topological polar surface area (TPSA) is 58.4 Å². The lowest BCUT2D eigenvalue weighted by Crippen LogP contribution is -2.27. The molecule has 0 bridgehead atoms. The molecule has 0 heterocycles. The Morgan fingerprint density at radius 3 is 2.53 bits per heavy atom. The molecule has 0 radical (unpaired) electrons. The first kappa shape index (κ1) is 15.4. The van der Waals surface area contributed by atoms with E-state index in [1.165, 1.54) is 6.07 Å². The first-order chi connectivity index (χ1) is 8.86.